The molecule has 0 heterocycles. The highest BCUT2D eigenvalue weighted by Gasteiger charge is 2.35. The molecule has 0 aromatic heterocycles. The first-order chi connectivity index (χ1) is 14.6. The standard InChI is InChI=1S/C23H18.C3H8.2C2H6/c1-23(2)21-10-6-5-9-18(21)20-13-16-12-11-15-7-3-4-8-17(15)19(16)14-22(20)23;1-3-2;2*1-2/h3-14H,1-2H3;3H2,1-2H3;2*1-2H3. The van der Waals surface area contributed by atoms with E-state index in [1.807, 2.05) is 27.7 Å². The molecule has 4 aromatic rings. The highest BCUT2D eigenvalue weighted by Crippen LogP contribution is 2.50. The molecule has 4 aromatic carbocycles. The van der Waals surface area contributed by atoms with Crippen molar-refractivity contribution in [2.45, 2.75) is 67.2 Å². The topological polar surface area (TPSA) is 0 Å². The van der Waals surface area contributed by atoms with Crippen molar-refractivity contribution in [2.75, 3.05) is 0 Å². The predicted octanol–water partition coefficient (Wildman–Crippen LogP) is 9.77. The first-order valence-electron chi connectivity index (χ1n) is 11.6. The second-order valence-electron chi connectivity index (χ2n) is 7.78. The van der Waals surface area contributed by atoms with Gasteiger partial charge in [0.15, 0.2) is 0 Å². The molecule has 0 heteroatoms. The molecule has 0 radical (unpaired) electrons. The number of rotatable bonds is 0. The van der Waals surface area contributed by atoms with E-state index in [-0.39, 0.29) is 5.41 Å². The van der Waals surface area contributed by atoms with Crippen molar-refractivity contribution in [3.8, 4) is 11.1 Å². The first kappa shape index (κ1) is 23.7. The lowest BCUT2D eigenvalue weighted by atomic mass is 9.81. The summed E-state index contributed by atoms with van der Waals surface area (Å²) < 4.78 is 0. The maximum Gasteiger partial charge on any atom is 0.0159 e. The Hall–Kier alpha value is -2.60. The molecule has 0 N–H and O–H groups in total. The lowest BCUT2D eigenvalue weighted by Crippen LogP contribution is -2.14. The Bertz CT molecular complexity index is 1100. The molecule has 5 rings (SSSR count). The minimum Gasteiger partial charge on any atom is -0.0683 e. The van der Waals surface area contributed by atoms with Gasteiger partial charge in [0.25, 0.3) is 0 Å². The third-order valence-electron chi connectivity index (χ3n) is 5.45. The number of benzene rings is 4. The van der Waals surface area contributed by atoms with E-state index in [2.05, 4.69) is 100 Å². The molecule has 0 unspecified atom stereocenters. The quantitative estimate of drug-likeness (QED) is 0.258. The molecule has 0 aliphatic heterocycles. The van der Waals surface area contributed by atoms with Gasteiger partial charge in [0.2, 0.25) is 0 Å². The molecular formula is C30H38. The summed E-state index contributed by atoms with van der Waals surface area (Å²) in [5.74, 6) is 0. The van der Waals surface area contributed by atoms with Gasteiger partial charge in [-0.25, -0.2) is 0 Å². The van der Waals surface area contributed by atoms with Gasteiger partial charge in [0, 0.05) is 5.41 Å². The maximum atomic E-state index is 2.42. The Labute approximate surface area is 184 Å². The van der Waals surface area contributed by atoms with Crippen molar-refractivity contribution in [1.82, 2.24) is 0 Å². The molecule has 1 aliphatic carbocycles. The van der Waals surface area contributed by atoms with E-state index in [9.17, 15) is 0 Å². The van der Waals surface area contributed by atoms with E-state index < -0.39 is 0 Å². The molecular weight excluding hydrogens is 360 g/mol. The first-order valence-corrected chi connectivity index (χ1v) is 11.6. The summed E-state index contributed by atoms with van der Waals surface area (Å²) in [6.07, 6.45) is 1.25. The lowest BCUT2D eigenvalue weighted by molar-refractivity contribution is 0.661. The molecule has 0 nitrogen and oxygen atoms in total. The molecule has 0 amide bonds. The monoisotopic (exact) mass is 398 g/mol. The predicted molar refractivity (Wildman–Crippen MR) is 138 cm³/mol. The second kappa shape index (κ2) is 10.4. The summed E-state index contributed by atoms with van der Waals surface area (Å²) in [5.41, 5.74) is 5.74. The van der Waals surface area contributed by atoms with Gasteiger partial charge < -0.3 is 0 Å². The van der Waals surface area contributed by atoms with Gasteiger partial charge >= 0.3 is 0 Å². The zero-order chi connectivity index (χ0) is 22.3. The lowest BCUT2D eigenvalue weighted by Gasteiger charge is -2.21. The van der Waals surface area contributed by atoms with Gasteiger partial charge in [-0.3, -0.25) is 0 Å². The van der Waals surface area contributed by atoms with Crippen LogP contribution in [0.25, 0.3) is 32.7 Å². The average Bonchev–Trinajstić information content (AvgIpc) is 3.02. The summed E-state index contributed by atoms with van der Waals surface area (Å²) in [4.78, 5) is 0. The zero-order valence-electron chi connectivity index (χ0n) is 20.1. The van der Waals surface area contributed by atoms with Crippen LogP contribution in [0.5, 0.6) is 0 Å². The van der Waals surface area contributed by atoms with E-state index in [4.69, 9.17) is 0 Å². The molecule has 0 saturated heterocycles. The van der Waals surface area contributed by atoms with Crippen LogP contribution in [0.4, 0.5) is 0 Å². The van der Waals surface area contributed by atoms with Gasteiger partial charge in [0.05, 0.1) is 0 Å². The fourth-order valence-corrected chi connectivity index (χ4v) is 4.20. The van der Waals surface area contributed by atoms with Crippen LogP contribution in [-0.4, -0.2) is 0 Å². The van der Waals surface area contributed by atoms with Crippen LogP contribution in [0.2, 0.25) is 0 Å². The molecule has 0 spiro atoms. The van der Waals surface area contributed by atoms with E-state index in [0.29, 0.717) is 0 Å². The third kappa shape index (κ3) is 4.15. The highest BCUT2D eigenvalue weighted by atomic mass is 14.4. The fraction of sp³-hybridized carbons (Fsp3) is 0.333. The molecule has 1 aliphatic rings. The number of hydrogen-bond donors (Lipinski definition) is 0. The van der Waals surface area contributed by atoms with Crippen LogP contribution in [0, 0.1) is 0 Å². The fourth-order valence-electron chi connectivity index (χ4n) is 4.20. The third-order valence-corrected chi connectivity index (χ3v) is 5.45. The minimum absolute atomic E-state index is 0.0665. The molecule has 0 saturated carbocycles. The largest absolute Gasteiger partial charge is 0.0683 e. The van der Waals surface area contributed by atoms with E-state index in [0.717, 1.165) is 0 Å². The number of hydrogen-bond acceptors (Lipinski definition) is 0. The van der Waals surface area contributed by atoms with Crippen LogP contribution in [0.3, 0.4) is 0 Å². The van der Waals surface area contributed by atoms with Gasteiger partial charge in [0.1, 0.15) is 0 Å². The Balaban J connectivity index is 0.000000414. The van der Waals surface area contributed by atoms with Crippen molar-refractivity contribution in [3.63, 3.8) is 0 Å². The molecule has 30 heavy (non-hydrogen) atoms. The summed E-state index contributed by atoms with van der Waals surface area (Å²) >= 11 is 0. The number of fused-ring (bicyclic) bond motifs is 6. The van der Waals surface area contributed by atoms with Gasteiger partial charge in [-0.05, 0) is 55.9 Å². The average molecular weight is 399 g/mol. The molecule has 158 valence electrons. The normalized spacial score (nSPS) is 12.4. The minimum atomic E-state index is 0.0665. The smallest absolute Gasteiger partial charge is 0.0159 e. The van der Waals surface area contributed by atoms with Crippen LogP contribution >= 0.6 is 0 Å². The van der Waals surface area contributed by atoms with Crippen LogP contribution in [0.1, 0.15) is 72.9 Å². The Morgan fingerprint density at radius 1 is 0.567 bits per heavy atom. The van der Waals surface area contributed by atoms with Crippen molar-refractivity contribution in [3.05, 3.63) is 83.9 Å². The molecule has 0 bridgehead atoms. The van der Waals surface area contributed by atoms with Crippen molar-refractivity contribution in [1.29, 1.82) is 0 Å². The van der Waals surface area contributed by atoms with E-state index in [1.165, 1.54) is 50.2 Å². The summed E-state index contributed by atoms with van der Waals surface area (Å²) in [6.45, 7) is 16.9. The van der Waals surface area contributed by atoms with Crippen molar-refractivity contribution in [2.24, 2.45) is 0 Å². The van der Waals surface area contributed by atoms with E-state index >= 15 is 0 Å². The van der Waals surface area contributed by atoms with Gasteiger partial charge in [-0.1, -0.05) is 122 Å². The highest BCUT2D eigenvalue weighted by molar-refractivity contribution is 6.09. The maximum absolute atomic E-state index is 2.42. The Morgan fingerprint density at radius 3 is 1.83 bits per heavy atom. The SMILES string of the molecule is CC.CC.CC1(C)c2ccccc2-c2cc3ccc4ccccc4c3cc21.CCC. The molecule has 0 atom stereocenters. The summed E-state index contributed by atoms with van der Waals surface area (Å²) in [5, 5.41) is 5.35. The van der Waals surface area contributed by atoms with Crippen molar-refractivity contribution < 1.29 is 0 Å². The van der Waals surface area contributed by atoms with Crippen molar-refractivity contribution >= 4 is 21.5 Å². The van der Waals surface area contributed by atoms with Gasteiger partial charge in [-0.2, -0.15) is 0 Å². The molecule has 0 fully saturated rings. The van der Waals surface area contributed by atoms with E-state index in [1.54, 1.807) is 0 Å². The van der Waals surface area contributed by atoms with Crippen LogP contribution in [0.15, 0.2) is 72.8 Å². The van der Waals surface area contributed by atoms with Crippen LogP contribution < -0.4 is 0 Å². The summed E-state index contributed by atoms with van der Waals surface area (Å²) in [6, 6.07) is 26.8. The zero-order valence-corrected chi connectivity index (χ0v) is 20.1. The Morgan fingerprint density at radius 2 is 1.13 bits per heavy atom. The summed E-state index contributed by atoms with van der Waals surface area (Å²) in [7, 11) is 0. The van der Waals surface area contributed by atoms with Crippen LogP contribution in [-0.2, 0) is 5.41 Å². The second-order valence-corrected chi connectivity index (χ2v) is 7.78. The van der Waals surface area contributed by atoms with Gasteiger partial charge in [-0.15, -0.1) is 0 Å². The Kier molecular flexibility index (Phi) is 8.24.